The van der Waals surface area contributed by atoms with Crippen LogP contribution in [0.3, 0.4) is 0 Å². The SMILES string of the molecule is CC(C)NC(=O)c1cc2cccnc2n(Cc2ccc(Cl)cc2)c1=O. The molecular formula is C19H18ClN3O2. The highest BCUT2D eigenvalue weighted by Gasteiger charge is 2.17. The molecule has 0 aliphatic heterocycles. The summed E-state index contributed by atoms with van der Waals surface area (Å²) in [6.45, 7) is 4.02. The molecule has 3 rings (SSSR count). The van der Waals surface area contributed by atoms with Crippen LogP contribution in [0.2, 0.25) is 5.02 Å². The van der Waals surface area contributed by atoms with E-state index in [4.69, 9.17) is 11.6 Å². The van der Waals surface area contributed by atoms with Crippen molar-refractivity contribution in [2.45, 2.75) is 26.4 Å². The van der Waals surface area contributed by atoms with Gasteiger partial charge in [-0.15, -0.1) is 0 Å². The molecule has 0 unspecified atom stereocenters. The molecule has 5 nitrogen and oxygen atoms in total. The monoisotopic (exact) mass is 355 g/mol. The molecule has 0 bridgehead atoms. The molecule has 0 saturated heterocycles. The molecule has 0 aliphatic rings. The van der Waals surface area contributed by atoms with Gasteiger partial charge in [0.2, 0.25) is 0 Å². The molecule has 0 fully saturated rings. The Kier molecular flexibility index (Phi) is 4.86. The summed E-state index contributed by atoms with van der Waals surface area (Å²) >= 11 is 5.92. The molecular weight excluding hydrogens is 338 g/mol. The Morgan fingerprint density at radius 2 is 1.96 bits per heavy atom. The first-order valence-electron chi connectivity index (χ1n) is 7.99. The Bertz CT molecular complexity index is 978. The van der Waals surface area contributed by atoms with Crippen molar-refractivity contribution in [2.75, 3.05) is 0 Å². The highest BCUT2D eigenvalue weighted by atomic mass is 35.5. The summed E-state index contributed by atoms with van der Waals surface area (Å²) in [6.07, 6.45) is 1.63. The van der Waals surface area contributed by atoms with Crippen LogP contribution in [0.5, 0.6) is 0 Å². The second-order valence-electron chi connectivity index (χ2n) is 6.12. The van der Waals surface area contributed by atoms with Gasteiger partial charge in [-0.05, 0) is 49.7 Å². The predicted octanol–water partition coefficient (Wildman–Crippen LogP) is 3.24. The van der Waals surface area contributed by atoms with E-state index < -0.39 is 0 Å². The molecule has 0 radical (unpaired) electrons. The number of nitrogens with zero attached hydrogens (tertiary/aromatic N) is 2. The second kappa shape index (κ2) is 7.07. The molecule has 1 aromatic carbocycles. The number of aromatic nitrogens is 2. The third-order valence-corrected chi connectivity index (χ3v) is 4.02. The summed E-state index contributed by atoms with van der Waals surface area (Å²) in [6, 6.07) is 12.4. The normalized spacial score (nSPS) is 11.0. The number of carbonyl (C=O) groups is 1. The van der Waals surface area contributed by atoms with Gasteiger partial charge < -0.3 is 5.32 Å². The number of rotatable bonds is 4. The molecule has 128 valence electrons. The minimum absolute atomic E-state index is 0.0544. The maximum absolute atomic E-state index is 12.9. The Hall–Kier alpha value is -2.66. The first-order chi connectivity index (χ1) is 12.0. The lowest BCUT2D eigenvalue weighted by molar-refractivity contribution is 0.0941. The van der Waals surface area contributed by atoms with Gasteiger partial charge in [0.05, 0.1) is 6.54 Å². The van der Waals surface area contributed by atoms with Crippen molar-refractivity contribution in [3.8, 4) is 0 Å². The summed E-state index contributed by atoms with van der Waals surface area (Å²) in [5, 5.41) is 4.14. The van der Waals surface area contributed by atoms with Crippen molar-refractivity contribution in [1.29, 1.82) is 0 Å². The average Bonchev–Trinajstić information content (AvgIpc) is 2.58. The molecule has 2 heterocycles. The van der Waals surface area contributed by atoms with E-state index >= 15 is 0 Å². The van der Waals surface area contributed by atoms with Crippen LogP contribution in [0, 0.1) is 0 Å². The zero-order chi connectivity index (χ0) is 18.0. The molecule has 3 aromatic rings. The van der Waals surface area contributed by atoms with Gasteiger partial charge in [0.1, 0.15) is 11.2 Å². The Morgan fingerprint density at radius 1 is 1.24 bits per heavy atom. The van der Waals surface area contributed by atoms with Crippen LogP contribution in [-0.2, 0) is 6.54 Å². The van der Waals surface area contributed by atoms with Crippen LogP contribution >= 0.6 is 11.6 Å². The van der Waals surface area contributed by atoms with E-state index in [1.54, 1.807) is 30.5 Å². The zero-order valence-corrected chi connectivity index (χ0v) is 14.7. The van der Waals surface area contributed by atoms with Gasteiger partial charge >= 0.3 is 0 Å². The lowest BCUT2D eigenvalue weighted by atomic mass is 10.1. The van der Waals surface area contributed by atoms with E-state index in [1.165, 1.54) is 4.57 Å². The maximum Gasteiger partial charge on any atom is 0.265 e. The number of carbonyl (C=O) groups excluding carboxylic acids is 1. The molecule has 1 N–H and O–H groups in total. The topological polar surface area (TPSA) is 64.0 Å². The van der Waals surface area contributed by atoms with E-state index in [0.29, 0.717) is 17.2 Å². The molecule has 6 heteroatoms. The first-order valence-corrected chi connectivity index (χ1v) is 8.37. The average molecular weight is 356 g/mol. The van der Waals surface area contributed by atoms with E-state index in [-0.39, 0.29) is 23.1 Å². The van der Waals surface area contributed by atoms with Crippen LogP contribution in [0.1, 0.15) is 29.8 Å². The Morgan fingerprint density at radius 3 is 2.64 bits per heavy atom. The van der Waals surface area contributed by atoms with Gasteiger partial charge in [0, 0.05) is 22.6 Å². The lowest BCUT2D eigenvalue weighted by Gasteiger charge is -2.13. The third kappa shape index (κ3) is 3.72. The van der Waals surface area contributed by atoms with E-state index in [0.717, 1.165) is 10.9 Å². The number of nitrogens with one attached hydrogen (secondary N) is 1. The number of pyridine rings is 2. The summed E-state index contributed by atoms with van der Waals surface area (Å²) in [4.78, 5) is 29.6. The molecule has 0 saturated carbocycles. The summed E-state index contributed by atoms with van der Waals surface area (Å²) in [5.41, 5.74) is 1.20. The van der Waals surface area contributed by atoms with Gasteiger partial charge in [0.25, 0.3) is 11.5 Å². The summed E-state index contributed by atoms with van der Waals surface area (Å²) in [7, 11) is 0. The molecule has 0 aliphatic carbocycles. The van der Waals surface area contributed by atoms with Crippen molar-refractivity contribution < 1.29 is 4.79 Å². The van der Waals surface area contributed by atoms with Gasteiger partial charge in [0.15, 0.2) is 0 Å². The van der Waals surface area contributed by atoms with Gasteiger partial charge in [-0.25, -0.2) is 4.98 Å². The van der Waals surface area contributed by atoms with Crippen LogP contribution < -0.4 is 10.9 Å². The van der Waals surface area contributed by atoms with E-state index in [9.17, 15) is 9.59 Å². The summed E-state index contributed by atoms with van der Waals surface area (Å²) in [5.74, 6) is -0.379. The van der Waals surface area contributed by atoms with Crippen molar-refractivity contribution in [3.63, 3.8) is 0 Å². The highest BCUT2D eigenvalue weighted by molar-refractivity contribution is 6.30. The fourth-order valence-electron chi connectivity index (χ4n) is 2.63. The quantitative estimate of drug-likeness (QED) is 0.781. The number of hydrogen-bond acceptors (Lipinski definition) is 3. The van der Waals surface area contributed by atoms with Crippen molar-refractivity contribution >= 4 is 28.5 Å². The predicted molar refractivity (Wildman–Crippen MR) is 99.2 cm³/mol. The van der Waals surface area contributed by atoms with Crippen LogP contribution in [0.25, 0.3) is 11.0 Å². The number of hydrogen-bond donors (Lipinski definition) is 1. The third-order valence-electron chi connectivity index (χ3n) is 3.77. The maximum atomic E-state index is 12.9. The zero-order valence-electron chi connectivity index (χ0n) is 14.0. The fraction of sp³-hybridized carbons (Fsp3) is 0.211. The molecule has 1 amide bonds. The second-order valence-corrected chi connectivity index (χ2v) is 6.56. The number of halogens is 1. The minimum Gasteiger partial charge on any atom is -0.350 e. The standard InChI is InChI=1S/C19H18ClN3O2/c1-12(2)22-18(24)16-10-14-4-3-9-21-17(14)23(19(16)25)11-13-5-7-15(20)8-6-13/h3-10,12H,11H2,1-2H3,(H,22,24). The lowest BCUT2D eigenvalue weighted by Crippen LogP contribution is -2.36. The first kappa shape index (κ1) is 17.2. The van der Waals surface area contributed by atoms with Gasteiger partial charge in [-0.1, -0.05) is 23.7 Å². The summed E-state index contributed by atoms with van der Waals surface area (Å²) < 4.78 is 1.52. The molecule has 0 spiro atoms. The molecule has 2 aromatic heterocycles. The van der Waals surface area contributed by atoms with Crippen LogP contribution in [-0.4, -0.2) is 21.5 Å². The fourth-order valence-corrected chi connectivity index (χ4v) is 2.75. The van der Waals surface area contributed by atoms with Crippen molar-refractivity contribution in [3.05, 3.63) is 75.2 Å². The van der Waals surface area contributed by atoms with Crippen LogP contribution in [0.4, 0.5) is 0 Å². The van der Waals surface area contributed by atoms with Gasteiger partial charge in [-0.2, -0.15) is 0 Å². The largest absolute Gasteiger partial charge is 0.350 e. The number of fused-ring (bicyclic) bond motifs is 1. The molecule has 0 atom stereocenters. The van der Waals surface area contributed by atoms with Crippen molar-refractivity contribution in [1.82, 2.24) is 14.9 Å². The highest BCUT2D eigenvalue weighted by Crippen LogP contribution is 2.15. The van der Waals surface area contributed by atoms with E-state index in [1.807, 2.05) is 32.0 Å². The van der Waals surface area contributed by atoms with E-state index in [2.05, 4.69) is 10.3 Å². The Labute approximate surface area is 150 Å². The van der Waals surface area contributed by atoms with Crippen molar-refractivity contribution in [2.24, 2.45) is 0 Å². The van der Waals surface area contributed by atoms with Gasteiger partial charge in [-0.3, -0.25) is 14.2 Å². The minimum atomic E-state index is -0.379. The molecule has 25 heavy (non-hydrogen) atoms. The number of benzene rings is 1. The number of amides is 1. The van der Waals surface area contributed by atoms with Crippen LogP contribution in [0.15, 0.2) is 53.5 Å². The Balaban J connectivity index is 2.14. The smallest absolute Gasteiger partial charge is 0.265 e.